The van der Waals surface area contributed by atoms with Crippen molar-refractivity contribution in [3.05, 3.63) is 11.6 Å². The van der Waals surface area contributed by atoms with Gasteiger partial charge in [0.25, 0.3) is 0 Å². The van der Waals surface area contributed by atoms with Gasteiger partial charge in [0.1, 0.15) is 5.78 Å². The Kier molecular flexibility index (Phi) is 4.05. The van der Waals surface area contributed by atoms with Crippen LogP contribution in [0.3, 0.4) is 0 Å². The number of hydrogen-bond donors (Lipinski definition) is 0. The van der Waals surface area contributed by atoms with E-state index in [2.05, 4.69) is 39.9 Å². The molecule has 0 saturated heterocycles. The Hall–Kier alpha value is -0.453. The maximum Gasteiger partial charge on any atom is 0.192 e. The second-order valence-electron chi connectivity index (χ2n) is 7.17. The van der Waals surface area contributed by atoms with Crippen LogP contribution in [0.1, 0.15) is 40.0 Å². The molecule has 0 aromatic heterocycles. The number of rotatable bonds is 2. The monoisotopic (exact) mass is 282 g/mol. The maximum atomic E-state index is 11.9. The molecule has 0 amide bonds. The van der Waals surface area contributed by atoms with Crippen LogP contribution in [0.4, 0.5) is 0 Å². The van der Waals surface area contributed by atoms with Crippen molar-refractivity contribution >= 4 is 14.1 Å². The van der Waals surface area contributed by atoms with E-state index in [0.717, 1.165) is 13.0 Å². The predicted molar refractivity (Wildman–Crippen MR) is 78.8 cm³/mol. The zero-order valence-corrected chi connectivity index (χ0v) is 13.8. The molecule has 2 aliphatic rings. The van der Waals surface area contributed by atoms with Gasteiger partial charge >= 0.3 is 0 Å². The molecule has 0 aromatic rings. The first kappa shape index (κ1) is 14.9. The number of Topliss-reactive ketones (excluding diaryl/α,β-unsaturated/α-hetero) is 1. The van der Waals surface area contributed by atoms with Crippen LogP contribution in [-0.4, -0.2) is 32.9 Å². The number of ketones is 1. The summed E-state index contributed by atoms with van der Waals surface area (Å²) in [5.74, 6) is 0.271. The number of carbonyl (C=O) groups is 1. The van der Waals surface area contributed by atoms with E-state index >= 15 is 0 Å². The number of hydrogen-bond acceptors (Lipinski definition) is 3. The first-order valence-corrected chi connectivity index (χ1v) is 10.1. The fourth-order valence-electron chi connectivity index (χ4n) is 2.44. The number of ether oxygens (including phenoxy) is 1. The first-order chi connectivity index (χ1) is 8.71. The molecule has 1 fully saturated rings. The molecule has 1 heterocycles. The Labute approximate surface area is 117 Å². The zero-order valence-electron chi connectivity index (χ0n) is 12.8. The summed E-state index contributed by atoms with van der Waals surface area (Å²) in [5, 5.41) is 0.166. The molecule has 3 nitrogen and oxygen atoms in total. The Bertz CT molecular complexity index is 393. The van der Waals surface area contributed by atoms with E-state index < -0.39 is 8.32 Å². The van der Waals surface area contributed by atoms with Gasteiger partial charge in [0.05, 0.1) is 18.8 Å². The van der Waals surface area contributed by atoms with Gasteiger partial charge in [-0.15, -0.1) is 0 Å². The van der Waals surface area contributed by atoms with Crippen LogP contribution in [-0.2, 0) is 14.0 Å². The summed E-state index contributed by atoms with van der Waals surface area (Å²) in [6.45, 7) is 11.9. The van der Waals surface area contributed by atoms with E-state index in [9.17, 15) is 4.79 Å². The SMILES string of the molecule is CC(C)(C)[Si](C)(C)O[C@@H]1CC(=O)C[C@H]2OCCC=C21. The van der Waals surface area contributed by atoms with Crippen molar-refractivity contribution in [2.75, 3.05) is 6.61 Å². The van der Waals surface area contributed by atoms with Crippen LogP contribution in [0.2, 0.25) is 18.1 Å². The normalized spacial score (nSPS) is 28.9. The van der Waals surface area contributed by atoms with Crippen molar-refractivity contribution in [2.45, 2.75) is 70.4 Å². The predicted octanol–water partition coefficient (Wildman–Crippen LogP) is 3.46. The average Bonchev–Trinajstić information content (AvgIpc) is 2.26. The molecule has 0 N–H and O–H groups in total. The third-order valence-electron chi connectivity index (χ3n) is 4.63. The first-order valence-electron chi connectivity index (χ1n) is 7.22. The van der Waals surface area contributed by atoms with Crippen molar-refractivity contribution < 1.29 is 14.0 Å². The van der Waals surface area contributed by atoms with Crippen LogP contribution >= 0.6 is 0 Å². The zero-order chi connectivity index (χ0) is 14.3. The van der Waals surface area contributed by atoms with Gasteiger partial charge in [-0.3, -0.25) is 4.79 Å². The molecule has 1 aliphatic carbocycles. The molecule has 0 bridgehead atoms. The Balaban J connectivity index is 2.18. The molecule has 2 rings (SSSR count). The van der Waals surface area contributed by atoms with Gasteiger partial charge in [-0.25, -0.2) is 0 Å². The summed E-state index contributed by atoms with van der Waals surface area (Å²) in [4.78, 5) is 11.9. The highest BCUT2D eigenvalue weighted by molar-refractivity contribution is 6.74. The molecular formula is C15H26O3Si. The minimum absolute atomic E-state index is 0.0234. The molecule has 19 heavy (non-hydrogen) atoms. The lowest BCUT2D eigenvalue weighted by Crippen LogP contribution is -2.48. The minimum Gasteiger partial charge on any atom is -0.410 e. The van der Waals surface area contributed by atoms with E-state index in [0.29, 0.717) is 12.8 Å². The van der Waals surface area contributed by atoms with Gasteiger partial charge in [-0.2, -0.15) is 0 Å². The van der Waals surface area contributed by atoms with Crippen LogP contribution in [0.25, 0.3) is 0 Å². The van der Waals surface area contributed by atoms with Crippen LogP contribution in [0.5, 0.6) is 0 Å². The lowest BCUT2D eigenvalue weighted by molar-refractivity contribution is -0.125. The van der Waals surface area contributed by atoms with Gasteiger partial charge in [0.2, 0.25) is 0 Å². The highest BCUT2D eigenvalue weighted by atomic mass is 28.4. The minimum atomic E-state index is -1.85. The van der Waals surface area contributed by atoms with Gasteiger partial charge in [0.15, 0.2) is 8.32 Å². The van der Waals surface area contributed by atoms with Crippen molar-refractivity contribution in [2.24, 2.45) is 0 Å². The summed E-state index contributed by atoms with van der Waals surface area (Å²) in [6.07, 6.45) is 4.16. The standard InChI is InChI=1S/C15H26O3Si/c1-15(2,3)19(4,5)18-14-10-11(16)9-13-12(14)7-6-8-17-13/h7,13-14H,6,8-10H2,1-5H3/t13-,14-/m1/s1. The van der Waals surface area contributed by atoms with Crippen molar-refractivity contribution in [3.63, 3.8) is 0 Å². The molecular weight excluding hydrogens is 256 g/mol. The van der Waals surface area contributed by atoms with E-state index in [1.54, 1.807) is 0 Å². The second-order valence-corrected chi connectivity index (χ2v) is 11.9. The molecule has 1 aliphatic heterocycles. The maximum absolute atomic E-state index is 11.9. The highest BCUT2D eigenvalue weighted by Gasteiger charge is 2.43. The topological polar surface area (TPSA) is 35.5 Å². The number of carbonyl (C=O) groups excluding carboxylic acids is 1. The van der Waals surface area contributed by atoms with Gasteiger partial charge < -0.3 is 9.16 Å². The summed E-state index contributed by atoms with van der Waals surface area (Å²) >= 11 is 0. The summed E-state index contributed by atoms with van der Waals surface area (Å²) < 4.78 is 12.2. The fraction of sp³-hybridized carbons (Fsp3) is 0.800. The van der Waals surface area contributed by atoms with Gasteiger partial charge in [0, 0.05) is 12.8 Å². The molecule has 0 spiro atoms. The van der Waals surface area contributed by atoms with Crippen LogP contribution in [0, 0.1) is 0 Å². The number of fused-ring (bicyclic) bond motifs is 1. The Morgan fingerprint density at radius 2 is 2.00 bits per heavy atom. The molecule has 0 aromatic carbocycles. The lowest BCUT2D eigenvalue weighted by atomic mass is 9.87. The fourth-order valence-corrected chi connectivity index (χ4v) is 3.72. The van der Waals surface area contributed by atoms with Crippen molar-refractivity contribution in [1.29, 1.82) is 0 Å². The third kappa shape index (κ3) is 3.18. The summed E-state index contributed by atoms with van der Waals surface area (Å²) in [6, 6.07) is 0. The molecule has 0 radical (unpaired) electrons. The van der Waals surface area contributed by atoms with E-state index in [1.165, 1.54) is 5.57 Å². The molecule has 2 atom stereocenters. The Morgan fingerprint density at radius 3 is 2.63 bits per heavy atom. The molecule has 4 heteroatoms. The quantitative estimate of drug-likeness (QED) is 0.575. The summed E-state index contributed by atoms with van der Waals surface area (Å²) in [7, 11) is -1.85. The molecule has 1 saturated carbocycles. The van der Waals surface area contributed by atoms with E-state index in [4.69, 9.17) is 9.16 Å². The van der Waals surface area contributed by atoms with Gasteiger partial charge in [-0.1, -0.05) is 26.8 Å². The average molecular weight is 282 g/mol. The Morgan fingerprint density at radius 1 is 1.32 bits per heavy atom. The second kappa shape index (κ2) is 5.15. The smallest absolute Gasteiger partial charge is 0.192 e. The highest BCUT2D eigenvalue weighted by Crippen LogP contribution is 2.40. The van der Waals surface area contributed by atoms with E-state index in [-0.39, 0.29) is 23.0 Å². The van der Waals surface area contributed by atoms with Crippen molar-refractivity contribution in [1.82, 2.24) is 0 Å². The largest absolute Gasteiger partial charge is 0.410 e. The van der Waals surface area contributed by atoms with Gasteiger partial charge in [-0.05, 0) is 30.1 Å². The summed E-state index contributed by atoms with van der Waals surface area (Å²) in [5.41, 5.74) is 1.22. The third-order valence-corrected chi connectivity index (χ3v) is 9.12. The molecule has 108 valence electrons. The lowest BCUT2D eigenvalue weighted by Gasteiger charge is -2.43. The van der Waals surface area contributed by atoms with E-state index in [1.807, 2.05) is 0 Å². The van der Waals surface area contributed by atoms with Crippen molar-refractivity contribution in [3.8, 4) is 0 Å². The van der Waals surface area contributed by atoms with Crippen LogP contribution < -0.4 is 0 Å². The van der Waals surface area contributed by atoms with Crippen LogP contribution in [0.15, 0.2) is 11.6 Å². The molecule has 0 unspecified atom stereocenters.